The highest BCUT2D eigenvalue weighted by molar-refractivity contribution is 6.26. The van der Waals surface area contributed by atoms with Gasteiger partial charge in [0, 0.05) is 11.8 Å². The zero-order valence-electron chi connectivity index (χ0n) is 19.0. The molecule has 176 valence electrons. The molecule has 1 fully saturated rings. The second-order valence-corrected chi connectivity index (χ2v) is 8.37. The van der Waals surface area contributed by atoms with Gasteiger partial charge in [0.15, 0.2) is 0 Å². The summed E-state index contributed by atoms with van der Waals surface area (Å²) >= 11 is 0. The molecule has 0 bridgehead atoms. The molecule has 2 atom stereocenters. The third kappa shape index (κ3) is 3.43. The lowest BCUT2D eigenvalue weighted by atomic mass is 9.86. The van der Waals surface area contributed by atoms with Crippen LogP contribution >= 0.6 is 0 Å². The van der Waals surface area contributed by atoms with Crippen LogP contribution in [0.2, 0.25) is 0 Å². The summed E-state index contributed by atoms with van der Waals surface area (Å²) in [6, 6.07) is 16.6. The Morgan fingerprint density at radius 1 is 0.886 bits per heavy atom. The van der Waals surface area contributed by atoms with Crippen molar-refractivity contribution >= 4 is 29.1 Å². The molecule has 1 saturated heterocycles. The molecule has 0 unspecified atom stereocenters. The molecular weight excluding hydrogens is 450 g/mol. The van der Waals surface area contributed by atoms with Crippen molar-refractivity contribution in [2.24, 2.45) is 0 Å². The lowest BCUT2D eigenvalue weighted by Crippen LogP contribution is -2.67. The first-order valence-electron chi connectivity index (χ1n) is 11.1. The van der Waals surface area contributed by atoms with Gasteiger partial charge in [-0.2, -0.15) is 0 Å². The molecule has 35 heavy (non-hydrogen) atoms. The number of hydrogen-bond acceptors (Lipinski definition) is 6. The fourth-order valence-corrected chi connectivity index (χ4v) is 4.67. The fraction of sp³-hybridized carbons (Fsp3) is 0.192. The number of rotatable bonds is 6. The molecule has 2 heterocycles. The Hall–Kier alpha value is -4.53. The number of nitrogens with zero attached hydrogens (tertiary/aromatic N) is 3. The summed E-state index contributed by atoms with van der Waals surface area (Å²) in [6.45, 7) is 4.29. The van der Waals surface area contributed by atoms with Gasteiger partial charge in [-0.3, -0.25) is 29.4 Å². The zero-order chi connectivity index (χ0) is 24.9. The van der Waals surface area contributed by atoms with Crippen LogP contribution < -0.4 is 9.64 Å². The summed E-state index contributed by atoms with van der Waals surface area (Å²) in [6.07, 6.45) is 0. The number of hydrogen-bond donors (Lipinski definition) is 0. The van der Waals surface area contributed by atoms with Crippen LogP contribution in [0.5, 0.6) is 5.75 Å². The largest absolute Gasteiger partial charge is 0.494 e. The highest BCUT2D eigenvalue weighted by Crippen LogP contribution is 2.45. The predicted octanol–water partition coefficient (Wildman–Crippen LogP) is 4.05. The van der Waals surface area contributed by atoms with Crippen LogP contribution in [0.3, 0.4) is 0 Å². The number of nitro groups is 1. The first-order chi connectivity index (χ1) is 16.8. The van der Waals surface area contributed by atoms with E-state index in [1.54, 1.807) is 36.4 Å². The number of anilines is 1. The Morgan fingerprint density at radius 3 is 2.20 bits per heavy atom. The molecule has 5 rings (SSSR count). The van der Waals surface area contributed by atoms with Crippen molar-refractivity contribution in [3.05, 3.63) is 99.1 Å². The summed E-state index contributed by atoms with van der Waals surface area (Å²) in [7, 11) is 0. The molecule has 3 aromatic rings. The third-order valence-electron chi connectivity index (χ3n) is 6.31. The Labute approximate surface area is 200 Å². The minimum Gasteiger partial charge on any atom is -0.494 e. The van der Waals surface area contributed by atoms with Crippen molar-refractivity contribution in [3.8, 4) is 5.75 Å². The number of fused-ring (bicyclic) bond motifs is 1. The third-order valence-corrected chi connectivity index (χ3v) is 6.31. The maximum Gasteiger partial charge on any atom is 0.282 e. The molecule has 0 saturated carbocycles. The number of nitro benzene ring substituents is 1. The average Bonchev–Trinajstić information content (AvgIpc) is 3.10. The minimum atomic E-state index is -1.14. The molecule has 2 aliphatic rings. The number of amides is 3. The first kappa shape index (κ1) is 22.3. The van der Waals surface area contributed by atoms with Crippen LogP contribution in [0.15, 0.2) is 66.7 Å². The Bertz CT molecular complexity index is 1370. The van der Waals surface area contributed by atoms with Crippen LogP contribution in [0.4, 0.5) is 11.4 Å². The molecule has 0 aliphatic carbocycles. The summed E-state index contributed by atoms with van der Waals surface area (Å²) in [5.74, 6) is -1.34. The highest BCUT2D eigenvalue weighted by atomic mass is 16.6. The lowest BCUT2D eigenvalue weighted by molar-refractivity contribution is -0.385. The SMILES string of the molecule is CCOc1ccc([C@@H]2[C@H](N3C(=O)c4cccc([N+](=O)[O-])c4C3=O)C(=O)N2c2ccc(C)cc2)cc1. The van der Waals surface area contributed by atoms with E-state index in [0.29, 0.717) is 23.6 Å². The standard InChI is InChI=1S/C26H21N3O6/c1-3-35-18-13-9-16(10-14-18)22-23(26(32)27(22)17-11-7-15(2)8-12-17)28-24(30)19-5-4-6-20(29(33)34)21(19)25(28)31/h4-14,22-23H,3H2,1-2H3/t22-,23+/m1/s1. The topological polar surface area (TPSA) is 110 Å². The Kier molecular flexibility index (Phi) is 5.32. The van der Waals surface area contributed by atoms with Gasteiger partial charge in [0.2, 0.25) is 0 Å². The van der Waals surface area contributed by atoms with Gasteiger partial charge in [-0.1, -0.05) is 35.9 Å². The fourth-order valence-electron chi connectivity index (χ4n) is 4.67. The maximum absolute atomic E-state index is 13.5. The number of carbonyl (C=O) groups is 3. The van der Waals surface area contributed by atoms with E-state index in [-0.39, 0.29) is 11.1 Å². The van der Waals surface area contributed by atoms with E-state index in [9.17, 15) is 24.5 Å². The summed E-state index contributed by atoms with van der Waals surface area (Å²) < 4.78 is 5.51. The van der Waals surface area contributed by atoms with Crippen molar-refractivity contribution < 1.29 is 24.0 Å². The molecule has 2 aliphatic heterocycles. The summed E-state index contributed by atoms with van der Waals surface area (Å²) in [4.78, 5) is 53.3. The molecule has 3 aromatic carbocycles. The minimum absolute atomic E-state index is 0.0729. The molecule has 0 N–H and O–H groups in total. The molecule has 0 aromatic heterocycles. The van der Waals surface area contributed by atoms with Gasteiger partial charge in [-0.05, 0) is 49.7 Å². The molecule has 0 radical (unpaired) electrons. The second-order valence-electron chi connectivity index (χ2n) is 8.37. The summed E-state index contributed by atoms with van der Waals surface area (Å²) in [5, 5.41) is 11.5. The van der Waals surface area contributed by atoms with Crippen molar-refractivity contribution in [2.45, 2.75) is 25.9 Å². The van der Waals surface area contributed by atoms with E-state index in [1.807, 2.05) is 26.0 Å². The molecular formula is C26H21N3O6. The maximum atomic E-state index is 13.5. The van der Waals surface area contributed by atoms with Crippen molar-refractivity contribution in [3.63, 3.8) is 0 Å². The van der Waals surface area contributed by atoms with Crippen LogP contribution in [0.1, 0.15) is 44.8 Å². The molecule has 0 spiro atoms. The monoisotopic (exact) mass is 471 g/mol. The van der Waals surface area contributed by atoms with Crippen molar-refractivity contribution in [1.82, 2.24) is 4.90 Å². The number of ether oxygens (including phenoxy) is 1. The quantitative estimate of drug-likeness (QED) is 0.232. The Morgan fingerprint density at radius 2 is 1.57 bits per heavy atom. The summed E-state index contributed by atoms with van der Waals surface area (Å²) in [5.41, 5.74) is 1.53. The second kappa shape index (κ2) is 8.35. The van der Waals surface area contributed by atoms with Gasteiger partial charge in [0.05, 0.1) is 23.1 Å². The van der Waals surface area contributed by atoms with Gasteiger partial charge in [0.1, 0.15) is 17.4 Å². The van der Waals surface area contributed by atoms with E-state index >= 15 is 0 Å². The van der Waals surface area contributed by atoms with Gasteiger partial charge in [0.25, 0.3) is 23.4 Å². The normalized spacial score (nSPS) is 19.0. The first-order valence-corrected chi connectivity index (χ1v) is 11.1. The van der Waals surface area contributed by atoms with E-state index in [4.69, 9.17) is 4.74 Å². The Balaban J connectivity index is 1.58. The van der Waals surface area contributed by atoms with E-state index in [1.165, 1.54) is 23.1 Å². The van der Waals surface area contributed by atoms with E-state index in [0.717, 1.165) is 10.5 Å². The number of carbonyl (C=O) groups excluding carboxylic acids is 3. The lowest BCUT2D eigenvalue weighted by Gasteiger charge is -2.49. The van der Waals surface area contributed by atoms with Gasteiger partial charge in [-0.25, -0.2) is 0 Å². The van der Waals surface area contributed by atoms with Crippen molar-refractivity contribution in [1.29, 1.82) is 0 Å². The smallest absolute Gasteiger partial charge is 0.282 e. The highest BCUT2D eigenvalue weighted by Gasteiger charge is 2.58. The van der Waals surface area contributed by atoms with Gasteiger partial charge in [-0.15, -0.1) is 0 Å². The van der Waals surface area contributed by atoms with E-state index in [2.05, 4.69) is 0 Å². The van der Waals surface area contributed by atoms with Crippen LogP contribution in [-0.2, 0) is 4.79 Å². The van der Waals surface area contributed by atoms with Gasteiger partial charge < -0.3 is 9.64 Å². The molecule has 9 nitrogen and oxygen atoms in total. The van der Waals surface area contributed by atoms with E-state index < -0.39 is 40.4 Å². The predicted molar refractivity (Wildman–Crippen MR) is 126 cm³/mol. The molecule has 9 heteroatoms. The zero-order valence-corrected chi connectivity index (χ0v) is 19.0. The van der Waals surface area contributed by atoms with Crippen LogP contribution in [-0.4, -0.2) is 40.2 Å². The van der Waals surface area contributed by atoms with Crippen LogP contribution in [0.25, 0.3) is 0 Å². The van der Waals surface area contributed by atoms with Crippen molar-refractivity contribution in [2.75, 3.05) is 11.5 Å². The number of β-lactam (4-membered cyclic amide) rings is 1. The number of imide groups is 1. The average molecular weight is 471 g/mol. The number of aryl methyl sites for hydroxylation is 1. The van der Waals surface area contributed by atoms with Gasteiger partial charge >= 0.3 is 0 Å². The number of benzene rings is 3. The van der Waals surface area contributed by atoms with Crippen LogP contribution in [0, 0.1) is 17.0 Å². The molecule has 3 amide bonds.